The number of halogens is 1. The molecule has 9 aromatic carbocycles. The number of aromatic nitrogens is 2. The van der Waals surface area contributed by atoms with Gasteiger partial charge < -0.3 is 4.57 Å². The van der Waals surface area contributed by atoms with E-state index >= 15 is 4.39 Å². The average molecular weight is 874 g/mol. The molecule has 0 fully saturated rings. The van der Waals surface area contributed by atoms with Crippen LogP contribution in [0.3, 0.4) is 0 Å². The molecule has 0 saturated heterocycles. The Morgan fingerprint density at radius 1 is 0.471 bits per heavy atom. The van der Waals surface area contributed by atoms with Crippen molar-refractivity contribution in [1.29, 1.82) is 0 Å². The van der Waals surface area contributed by atoms with Gasteiger partial charge in [0, 0.05) is 28.5 Å². The number of anilines is 3. The standard InChI is InChI=1S/C64H44FN3/c65-58-30-16-17-31-59(58)67(61-32-18-19-41-66-61)52-38-35-45(36-39-52)33-34-46-37-40-53-54-43-55-60(44-57(54)64(56(53)42-46,49-24-10-3-11-25-49)50-26-12-4-13-27-50)68(51-28-14-5-15-29-51)63(48-22-8-2-9-23-48)62(55)47-20-6-1-7-21-47/h1-44H. The minimum atomic E-state index is -0.639. The lowest BCUT2D eigenvalue weighted by atomic mass is 9.67. The Labute approximate surface area is 396 Å². The minimum Gasteiger partial charge on any atom is -0.309 e. The molecule has 1 aliphatic rings. The summed E-state index contributed by atoms with van der Waals surface area (Å²) in [5.41, 5.74) is 17.0. The number of para-hydroxylation sites is 2. The second-order valence-electron chi connectivity index (χ2n) is 17.2. The molecule has 0 N–H and O–H groups in total. The van der Waals surface area contributed by atoms with Crippen molar-refractivity contribution >= 4 is 40.2 Å². The van der Waals surface area contributed by atoms with Crippen molar-refractivity contribution < 1.29 is 4.39 Å². The van der Waals surface area contributed by atoms with Crippen LogP contribution in [0.2, 0.25) is 0 Å². The highest BCUT2D eigenvalue weighted by atomic mass is 19.1. The van der Waals surface area contributed by atoms with Crippen LogP contribution in [0.15, 0.2) is 255 Å². The molecule has 0 saturated carbocycles. The fourth-order valence-electron chi connectivity index (χ4n) is 10.4. The average Bonchev–Trinajstić information content (AvgIpc) is 3.90. The predicted octanol–water partition coefficient (Wildman–Crippen LogP) is 16.5. The lowest BCUT2D eigenvalue weighted by molar-refractivity contribution is 0.628. The maximum absolute atomic E-state index is 15.3. The van der Waals surface area contributed by atoms with Crippen molar-refractivity contribution in [1.82, 2.24) is 9.55 Å². The van der Waals surface area contributed by atoms with E-state index in [0.29, 0.717) is 11.5 Å². The van der Waals surface area contributed by atoms with Gasteiger partial charge in [-0.3, -0.25) is 4.90 Å². The zero-order chi connectivity index (χ0) is 45.4. The van der Waals surface area contributed by atoms with E-state index in [1.807, 2.05) is 41.3 Å². The molecule has 1 aliphatic carbocycles. The van der Waals surface area contributed by atoms with Crippen molar-refractivity contribution in [2.24, 2.45) is 0 Å². The van der Waals surface area contributed by atoms with Crippen molar-refractivity contribution in [2.75, 3.05) is 4.90 Å². The molecule has 11 aromatic rings. The molecule has 4 heteroatoms. The van der Waals surface area contributed by atoms with Crippen LogP contribution in [-0.2, 0) is 5.41 Å². The van der Waals surface area contributed by atoms with Gasteiger partial charge in [0.25, 0.3) is 0 Å². The van der Waals surface area contributed by atoms with Crippen LogP contribution in [-0.4, -0.2) is 9.55 Å². The lowest BCUT2D eigenvalue weighted by Crippen LogP contribution is -2.28. The Hall–Kier alpha value is -8.86. The fraction of sp³-hybridized carbons (Fsp3) is 0.0156. The molecule has 2 heterocycles. The van der Waals surface area contributed by atoms with Gasteiger partial charge in [0.1, 0.15) is 11.6 Å². The zero-order valence-corrected chi connectivity index (χ0v) is 37.1. The Morgan fingerprint density at radius 2 is 1.03 bits per heavy atom. The van der Waals surface area contributed by atoms with Crippen molar-refractivity contribution in [3.05, 3.63) is 294 Å². The largest absolute Gasteiger partial charge is 0.309 e. The second-order valence-corrected chi connectivity index (χ2v) is 17.2. The van der Waals surface area contributed by atoms with Crippen LogP contribution in [0.25, 0.3) is 62.3 Å². The van der Waals surface area contributed by atoms with Crippen molar-refractivity contribution in [3.63, 3.8) is 0 Å². The number of fused-ring (bicyclic) bond motifs is 4. The van der Waals surface area contributed by atoms with Gasteiger partial charge in [-0.2, -0.15) is 0 Å². The number of benzene rings is 9. The van der Waals surface area contributed by atoms with Crippen LogP contribution in [0.4, 0.5) is 21.6 Å². The van der Waals surface area contributed by atoms with Gasteiger partial charge in [0.05, 0.1) is 22.3 Å². The Balaban J connectivity index is 1.06. The lowest BCUT2D eigenvalue weighted by Gasteiger charge is -2.34. The predicted molar refractivity (Wildman–Crippen MR) is 279 cm³/mol. The van der Waals surface area contributed by atoms with Crippen LogP contribution >= 0.6 is 0 Å². The third-order valence-electron chi connectivity index (χ3n) is 13.4. The molecule has 0 amide bonds. The normalized spacial score (nSPS) is 12.5. The van der Waals surface area contributed by atoms with E-state index in [9.17, 15) is 0 Å². The van der Waals surface area contributed by atoms with Crippen LogP contribution in [0, 0.1) is 5.82 Å². The number of hydrogen-bond donors (Lipinski definition) is 0. The van der Waals surface area contributed by atoms with Gasteiger partial charge >= 0.3 is 0 Å². The number of nitrogens with zero attached hydrogens (tertiary/aromatic N) is 3. The van der Waals surface area contributed by atoms with E-state index in [1.165, 1.54) is 56.0 Å². The first-order valence-corrected chi connectivity index (χ1v) is 23.1. The molecule has 0 spiro atoms. The van der Waals surface area contributed by atoms with Crippen molar-refractivity contribution in [2.45, 2.75) is 5.41 Å². The summed E-state index contributed by atoms with van der Waals surface area (Å²) in [5, 5.41) is 1.20. The molecule has 3 nitrogen and oxygen atoms in total. The summed E-state index contributed by atoms with van der Waals surface area (Å²) in [6, 6.07) is 87.1. The molecular formula is C64H44FN3. The van der Waals surface area contributed by atoms with Crippen LogP contribution in [0.1, 0.15) is 33.4 Å². The summed E-state index contributed by atoms with van der Waals surface area (Å²) in [4.78, 5) is 6.43. The van der Waals surface area contributed by atoms with Gasteiger partial charge in [-0.1, -0.05) is 194 Å². The molecule has 0 aliphatic heterocycles. The highest BCUT2D eigenvalue weighted by Gasteiger charge is 2.47. The molecule has 0 unspecified atom stereocenters. The first kappa shape index (κ1) is 40.6. The van der Waals surface area contributed by atoms with Gasteiger partial charge in [0.2, 0.25) is 0 Å². The molecular weight excluding hydrogens is 830 g/mol. The van der Waals surface area contributed by atoms with E-state index in [4.69, 9.17) is 0 Å². The number of hydrogen-bond acceptors (Lipinski definition) is 2. The summed E-state index contributed by atoms with van der Waals surface area (Å²) in [6.07, 6.45) is 6.08. The molecule has 2 aromatic heterocycles. The third-order valence-corrected chi connectivity index (χ3v) is 13.4. The molecule has 12 rings (SSSR count). The molecule has 68 heavy (non-hydrogen) atoms. The quantitative estimate of drug-likeness (QED) is 0.128. The SMILES string of the molecule is Fc1ccccc1N(c1ccc(C=Cc2ccc3c(c2)C(c2ccccc2)(c2ccccc2)c2cc4c(cc2-3)c(-c2ccccc2)c(-c2ccccc2)n4-c2ccccc2)cc1)c1ccccn1. The summed E-state index contributed by atoms with van der Waals surface area (Å²) >= 11 is 0. The van der Waals surface area contributed by atoms with Gasteiger partial charge in [-0.15, -0.1) is 0 Å². The number of rotatable bonds is 10. The van der Waals surface area contributed by atoms with E-state index in [2.05, 4.69) is 216 Å². The first-order chi connectivity index (χ1) is 33.7. The molecule has 322 valence electrons. The van der Waals surface area contributed by atoms with Crippen LogP contribution < -0.4 is 4.90 Å². The third kappa shape index (κ3) is 6.85. The van der Waals surface area contributed by atoms with Crippen molar-refractivity contribution in [3.8, 4) is 39.2 Å². The Kier molecular flexibility index (Phi) is 10.3. The highest BCUT2D eigenvalue weighted by Crippen LogP contribution is 2.58. The number of pyridine rings is 1. The second kappa shape index (κ2) is 17.2. The van der Waals surface area contributed by atoms with Gasteiger partial charge in [0.15, 0.2) is 0 Å². The smallest absolute Gasteiger partial charge is 0.147 e. The molecule has 0 bridgehead atoms. The first-order valence-electron chi connectivity index (χ1n) is 23.1. The van der Waals surface area contributed by atoms with Gasteiger partial charge in [-0.05, 0) is 122 Å². The maximum atomic E-state index is 15.3. The molecule has 0 radical (unpaired) electrons. The summed E-state index contributed by atoms with van der Waals surface area (Å²) < 4.78 is 17.8. The summed E-state index contributed by atoms with van der Waals surface area (Å²) in [7, 11) is 0. The van der Waals surface area contributed by atoms with E-state index < -0.39 is 5.41 Å². The summed E-state index contributed by atoms with van der Waals surface area (Å²) in [5.74, 6) is 0.327. The van der Waals surface area contributed by atoms with Gasteiger partial charge in [-0.25, -0.2) is 9.37 Å². The van der Waals surface area contributed by atoms with Crippen LogP contribution in [0.5, 0.6) is 0 Å². The molecule has 0 atom stereocenters. The monoisotopic (exact) mass is 873 g/mol. The topological polar surface area (TPSA) is 21.1 Å². The summed E-state index contributed by atoms with van der Waals surface area (Å²) in [6.45, 7) is 0. The fourth-order valence-corrected chi connectivity index (χ4v) is 10.4. The Morgan fingerprint density at radius 3 is 1.68 bits per heavy atom. The van der Waals surface area contributed by atoms with E-state index in [-0.39, 0.29) is 5.82 Å². The van der Waals surface area contributed by atoms with E-state index in [1.54, 1.807) is 18.3 Å². The highest BCUT2D eigenvalue weighted by molar-refractivity contribution is 6.09. The zero-order valence-electron chi connectivity index (χ0n) is 37.1. The van der Waals surface area contributed by atoms with E-state index in [0.717, 1.165) is 39.3 Å². The minimum absolute atomic E-state index is 0.314. The maximum Gasteiger partial charge on any atom is 0.147 e. The Bertz CT molecular complexity index is 3550.